The highest BCUT2D eigenvalue weighted by atomic mass is 19.4. The predicted molar refractivity (Wildman–Crippen MR) is 99.8 cm³/mol. The molecule has 0 aromatic rings. The topological polar surface area (TPSA) is 135 Å². The molecule has 5 unspecified atom stereocenters. The summed E-state index contributed by atoms with van der Waals surface area (Å²) in [5.74, 6) is -34.5. The number of aliphatic carboxylic acids is 1. The molecule has 0 aromatic heterocycles. The van der Waals surface area contributed by atoms with Crippen molar-refractivity contribution in [2.24, 2.45) is 0 Å². The lowest BCUT2D eigenvalue weighted by atomic mass is 9.97. The molecular weight excluding hydrogens is 673 g/mol. The van der Waals surface area contributed by atoms with Gasteiger partial charge in [-0.15, -0.1) is 0 Å². The van der Waals surface area contributed by atoms with Gasteiger partial charge in [-0.25, -0.2) is 19.2 Å². The number of carboxylic acids is 1. The summed E-state index contributed by atoms with van der Waals surface area (Å²) in [6, 6.07) is 0. The van der Waals surface area contributed by atoms with Crippen LogP contribution in [-0.4, -0.2) is 102 Å². The molecule has 44 heavy (non-hydrogen) atoms. The van der Waals surface area contributed by atoms with Crippen molar-refractivity contribution in [1.29, 1.82) is 0 Å². The van der Waals surface area contributed by atoms with Crippen LogP contribution in [0.5, 0.6) is 0 Å². The average Bonchev–Trinajstić information content (AvgIpc) is 2.84. The van der Waals surface area contributed by atoms with Gasteiger partial charge in [-0.3, -0.25) is 0 Å². The smallest absolute Gasteiger partial charge is 0.465 e. The van der Waals surface area contributed by atoms with Gasteiger partial charge in [-0.2, -0.15) is 65.9 Å². The molecular formula is C19H15F15O10. The van der Waals surface area contributed by atoms with Crippen LogP contribution in [0.25, 0.3) is 0 Å². The minimum atomic E-state index is -6.95. The van der Waals surface area contributed by atoms with Crippen LogP contribution < -0.4 is 0 Å². The minimum absolute atomic E-state index is 0.288. The van der Waals surface area contributed by atoms with Crippen LogP contribution >= 0.6 is 0 Å². The molecule has 1 aliphatic heterocycles. The first-order valence-electron chi connectivity index (χ1n) is 11.0. The first kappa shape index (κ1) is 38.8. The van der Waals surface area contributed by atoms with Crippen molar-refractivity contribution in [3.63, 3.8) is 0 Å². The van der Waals surface area contributed by atoms with Crippen LogP contribution in [0, 0.1) is 0 Å². The Kier molecular flexibility index (Phi) is 11.1. The number of hydrogen-bond donors (Lipinski definition) is 1. The van der Waals surface area contributed by atoms with Crippen LogP contribution in [-0.2, 0) is 42.9 Å². The van der Waals surface area contributed by atoms with Crippen LogP contribution in [0.1, 0.15) is 20.3 Å². The van der Waals surface area contributed by atoms with Crippen LogP contribution in [0.15, 0.2) is 0 Å². The number of carboxylic acid groups (broad SMARTS) is 1. The summed E-state index contributed by atoms with van der Waals surface area (Å²) < 4.78 is 216. The van der Waals surface area contributed by atoms with E-state index in [0.29, 0.717) is 0 Å². The van der Waals surface area contributed by atoms with Crippen molar-refractivity contribution in [3.05, 3.63) is 0 Å². The van der Waals surface area contributed by atoms with E-state index in [9.17, 15) is 90.1 Å². The van der Waals surface area contributed by atoms with E-state index >= 15 is 0 Å². The fraction of sp³-hybridized carbons (Fsp3) is 0.789. The zero-order valence-electron chi connectivity index (χ0n) is 21.0. The first-order valence-corrected chi connectivity index (χ1v) is 11.0. The van der Waals surface area contributed by atoms with Gasteiger partial charge in [-0.05, 0) is 13.3 Å². The van der Waals surface area contributed by atoms with Gasteiger partial charge in [0.15, 0.2) is 30.7 Å². The molecule has 1 aliphatic rings. The molecule has 1 rings (SSSR count). The lowest BCUT2D eigenvalue weighted by Gasteiger charge is -2.44. The SMILES string of the molecule is CC[C@@H](C)OC1OC(C(=O)O)C(OC(=O)C(F)(F)C(F)(F)F)C(OC(=O)C(F)(F)C(F)(F)F)C1OC(=O)C(F)(F)C(F)(F)F. The van der Waals surface area contributed by atoms with E-state index in [1.54, 1.807) is 0 Å². The van der Waals surface area contributed by atoms with Gasteiger partial charge in [0.05, 0.1) is 6.10 Å². The zero-order chi connectivity index (χ0) is 35.0. The lowest BCUT2D eigenvalue weighted by Crippen LogP contribution is -2.66. The Morgan fingerprint density at radius 1 is 0.636 bits per heavy atom. The highest BCUT2D eigenvalue weighted by Gasteiger charge is 2.70. The van der Waals surface area contributed by atoms with Gasteiger partial charge in [-0.1, -0.05) is 6.92 Å². The van der Waals surface area contributed by atoms with Crippen molar-refractivity contribution < 1.29 is 114 Å². The molecule has 0 amide bonds. The summed E-state index contributed by atoms with van der Waals surface area (Å²) in [6.07, 6.45) is -40.4. The molecule has 0 radical (unpaired) electrons. The Balaban J connectivity index is 3.95. The molecule has 10 nitrogen and oxygen atoms in total. The molecule has 0 spiro atoms. The number of alkyl halides is 15. The van der Waals surface area contributed by atoms with Gasteiger partial charge in [0, 0.05) is 0 Å². The molecule has 6 atom stereocenters. The number of hydrogen-bond acceptors (Lipinski definition) is 9. The highest BCUT2D eigenvalue weighted by Crippen LogP contribution is 2.42. The van der Waals surface area contributed by atoms with Crippen LogP contribution in [0.4, 0.5) is 65.9 Å². The van der Waals surface area contributed by atoms with E-state index in [4.69, 9.17) is 4.74 Å². The van der Waals surface area contributed by atoms with Crippen LogP contribution in [0.3, 0.4) is 0 Å². The quantitative estimate of drug-likeness (QED) is 0.205. The van der Waals surface area contributed by atoms with E-state index in [1.807, 2.05) is 0 Å². The second kappa shape index (κ2) is 12.6. The summed E-state index contributed by atoms with van der Waals surface area (Å²) in [5.41, 5.74) is 0. The molecule has 1 N–H and O–H groups in total. The number of halogens is 15. The third-order valence-electron chi connectivity index (χ3n) is 5.25. The Bertz CT molecular complexity index is 1090. The van der Waals surface area contributed by atoms with Gasteiger partial charge in [0.1, 0.15) is 0 Å². The van der Waals surface area contributed by atoms with Crippen molar-refractivity contribution in [1.82, 2.24) is 0 Å². The normalized spacial score (nSPS) is 24.7. The van der Waals surface area contributed by atoms with Crippen molar-refractivity contribution in [2.75, 3.05) is 0 Å². The number of rotatable bonds is 10. The molecule has 0 bridgehead atoms. The summed E-state index contributed by atoms with van der Waals surface area (Å²) >= 11 is 0. The van der Waals surface area contributed by atoms with E-state index in [-0.39, 0.29) is 6.42 Å². The van der Waals surface area contributed by atoms with E-state index in [0.717, 1.165) is 6.92 Å². The summed E-state index contributed by atoms with van der Waals surface area (Å²) in [5, 5.41) is 9.31. The van der Waals surface area contributed by atoms with Crippen molar-refractivity contribution in [2.45, 2.75) is 93.4 Å². The maximum atomic E-state index is 13.6. The largest absolute Gasteiger partial charge is 0.479 e. The Morgan fingerprint density at radius 2 is 0.955 bits per heavy atom. The Hall–Kier alpha value is -3.25. The molecule has 25 heteroatoms. The third kappa shape index (κ3) is 7.87. The minimum Gasteiger partial charge on any atom is -0.479 e. The molecule has 256 valence electrons. The fourth-order valence-electron chi connectivity index (χ4n) is 2.77. The third-order valence-corrected chi connectivity index (χ3v) is 5.25. The molecule has 1 fully saturated rings. The van der Waals surface area contributed by atoms with Gasteiger partial charge in [0.25, 0.3) is 0 Å². The van der Waals surface area contributed by atoms with E-state index < -0.39 is 97.0 Å². The van der Waals surface area contributed by atoms with Gasteiger partial charge < -0.3 is 28.8 Å². The van der Waals surface area contributed by atoms with Crippen molar-refractivity contribution in [3.8, 4) is 0 Å². The maximum absolute atomic E-state index is 13.6. The second-order valence-corrected chi connectivity index (χ2v) is 8.44. The summed E-state index contributed by atoms with van der Waals surface area (Å²) in [7, 11) is 0. The Morgan fingerprint density at radius 3 is 1.25 bits per heavy atom. The van der Waals surface area contributed by atoms with E-state index in [2.05, 4.69) is 18.9 Å². The van der Waals surface area contributed by atoms with Gasteiger partial charge in [0.2, 0.25) is 0 Å². The molecule has 1 saturated heterocycles. The standard InChI is InChI=1S/C19H15F15O10/c1-3-4(2)40-10-8(44-13(39)16(24,25)19(32,33)34)6(43-12(38)15(22,23)18(29,30)31)5(7(41-10)9(35)36)42-11(37)14(20,21)17(26,27)28/h4-8,10H,3H2,1-2H3,(H,35,36)/t4-,5?,6?,7?,8?,10?/m1/s1. The summed E-state index contributed by atoms with van der Waals surface area (Å²) in [4.78, 5) is 46.8. The van der Waals surface area contributed by atoms with Gasteiger partial charge >= 0.3 is 60.2 Å². The predicted octanol–water partition coefficient (Wildman–Crippen LogP) is 3.94. The monoisotopic (exact) mass is 688 g/mol. The molecule has 1 heterocycles. The summed E-state index contributed by atoms with van der Waals surface area (Å²) in [6.45, 7) is 2.13. The number of esters is 3. The molecule has 0 aromatic carbocycles. The van der Waals surface area contributed by atoms with E-state index in [1.165, 1.54) is 6.92 Å². The second-order valence-electron chi connectivity index (χ2n) is 8.44. The molecule has 0 saturated carbocycles. The number of carbonyl (C=O) groups excluding carboxylic acids is 3. The molecule has 0 aliphatic carbocycles. The fourth-order valence-corrected chi connectivity index (χ4v) is 2.77. The zero-order valence-corrected chi connectivity index (χ0v) is 21.0. The lowest BCUT2D eigenvalue weighted by molar-refractivity contribution is -0.333. The Labute approximate surface area is 232 Å². The van der Waals surface area contributed by atoms with Crippen molar-refractivity contribution >= 4 is 23.9 Å². The van der Waals surface area contributed by atoms with Crippen LogP contribution in [0.2, 0.25) is 0 Å². The number of ether oxygens (including phenoxy) is 5. The highest BCUT2D eigenvalue weighted by molar-refractivity contribution is 5.82. The maximum Gasteiger partial charge on any atom is 0.465 e. The number of carbonyl (C=O) groups is 4. The average molecular weight is 688 g/mol. The first-order chi connectivity index (χ1) is 19.4.